The number of hydrogen-bond acceptors (Lipinski definition) is 2. The molecule has 0 rings (SSSR count). The van der Waals surface area contributed by atoms with Crippen molar-refractivity contribution in [2.75, 3.05) is 13.1 Å². The first-order valence-electron chi connectivity index (χ1n) is 3.43. The van der Waals surface area contributed by atoms with Crippen LogP contribution < -0.4 is 5.73 Å². The van der Waals surface area contributed by atoms with Gasteiger partial charge < -0.3 is 5.73 Å². The number of halogens is 1. The summed E-state index contributed by atoms with van der Waals surface area (Å²) in [6.07, 6.45) is 3.76. The smallest absolute Gasteiger partial charge is 0.0548 e. The Labute approximate surface area is 75.2 Å². The van der Waals surface area contributed by atoms with Gasteiger partial charge in [-0.25, -0.2) is 0 Å². The van der Waals surface area contributed by atoms with Crippen LogP contribution in [0.3, 0.4) is 0 Å². The predicted octanol–water partition coefficient (Wildman–Crippen LogP) is 1.39. The normalized spacial score (nSPS) is 11.9. The van der Waals surface area contributed by atoms with Crippen molar-refractivity contribution in [3.05, 3.63) is 25.3 Å². The fourth-order valence-corrected chi connectivity index (χ4v) is 0.739. The van der Waals surface area contributed by atoms with Gasteiger partial charge in [0.1, 0.15) is 0 Å². The molecule has 0 heterocycles. The van der Waals surface area contributed by atoms with Crippen LogP contribution in [-0.4, -0.2) is 24.2 Å². The van der Waals surface area contributed by atoms with Crippen molar-refractivity contribution in [3.63, 3.8) is 0 Å². The van der Waals surface area contributed by atoms with Gasteiger partial charge in [-0.2, -0.15) is 0 Å². The number of hydrogen-bond donors (Lipinski definition) is 1. The van der Waals surface area contributed by atoms with E-state index in [9.17, 15) is 0 Å². The average molecular weight is 177 g/mol. The molecule has 1 atom stereocenters. The number of nitrogens with two attached hydrogens (primary N) is 1. The summed E-state index contributed by atoms with van der Waals surface area (Å²) in [4.78, 5) is 2.07. The van der Waals surface area contributed by atoms with Crippen molar-refractivity contribution in [1.82, 2.24) is 4.90 Å². The van der Waals surface area contributed by atoms with E-state index in [1.165, 1.54) is 0 Å². The molecule has 0 aliphatic carbocycles. The zero-order valence-electron chi connectivity index (χ0n) is 6.99. The molecule has 0 fully saturated rings. The molecule has 0 aromatic carbocycles. The highest BCUT2D eigenvalue weighted by Gasteiger charge is 2.03. The van der Waals surface area contributed by atoms with Gasteiger partial charge in [-0.15, -0.1) is 25.6 Å². The van der Waals surface area contributed by atoms with E-state index in [1.807, 2.05) is 19.1 Å². The predicted molar refractivity (Wildman–Crippen MR) is 52.9 cm³/mol. The van der Waals surface area contributed by atoms with Crippen molar-refractivity contribution in [3.8, 4) is 0 Å². The zero-order valence-corrected chi connectivity index (χ0v) is 7.81. The van der Waals surface area contributed by atoms with E-state index in [1.54, 1.807) is 0 Å². The van der Waals surface area contributed by atoms with Crippen molar-refractivity contribution in [1.29, 1.82) is 0 Å². The van der Waals surface area contributed by atoms with Crippen molar-refractivity contribution >= 4 is 12.4 Å². The molecule has 0 aromatic rings. The van der Waals surface area contributed by atoms with Crippen LogP contribution in [0.5, 0.6) is 0 Å². The number of rotatable bonds is 5. The van der Waals surface area contributed by atoms with Gasteiger partial charge in [-0.05, 0) is 6.92 Å². The largest absolute Gasteiger partial charge is 0.316 e. The fraction of sp³-hybridized carbons (Fsp3) is 0.500. The maximum absolute atomic E-state index is 5.64. The highest BCUT2D eigenvalue weighted by atomic mass is 35.5. The molecule has 0 saturated carbocycles. The van der Waals surface area contributed by atoms with Gasteiger partial charge >= 0.3 is 0 Å². The van der Waals surface area contributed by atoms with Crippen LogP contribution in [0.4, 0.5) is 0 Å². The molecular weight excluding hydrogens is 160 g/mol. The van der Waals surface area contributed by atoms with Gasteiger partial charge in [0.2, 0.25) is 0 Å². The highest BCUT2D eigenvalue weighted by molar-refractivity contribution is 5.85. The summed E-state index contributed by atoms with van der Waals surface area (Å²) < 4.78 is 0. The van der Waals surface area contributed by atoms with Crippen molar-refractivity contribution in [2.24, 2.45) is 5.73 Å². The number of nitrogens with zero attached hydrogens (tertiary/aromatic N) is 1. The lowest BCUT2D eigenvalue weighted by Gasteiger charge is -2.22. The molecule has 2 nitrogen and oxygen atoms in total. The Bertz CT molecular complexity index is 103. The third-order valence-electron chi connectivity index (χ3n) is 1.30. The summed E-state index contributed by atoms with van der Waals surface area (Å²) in [6, 6.07) is 0. The Balaban J connectivity index is 0. The molecular formula is C8H17ClN2. The van der Waals surface area contributed by atoms with Gasteiger partial charge in [0.05, 0.1) is 6.17 Å². The maximum atomic E-state index is 5.64. The highest BCUT2D eigenvalue weighted by Crippen LogP contribution is 1.91. The van der Waals surface area contributed by atoms with Crippen LogP contribution in [0.1, 0.15) is 6.92 Å². The van der Waals surface area contributed by atoms with Crippen LogP contribution in [-0.2, 0) is 0 Å². The Hall–Kier alpha value is -0.310. The first-order chi connectivity index (χ1) is 4.72. The Morgan fingerprint density at radius 1 is 1.36 bits per heavy atom. The van der Waals surface area contributed by atoms with Gasteiger partial charge in [-0.3, -0.25) is 4.90 Å². The molecule has 2 N–H and O–H groups in total. The summed E-state index contributed by atoms with van der Waals surface area (Å²) in [7, 11) is 0. The van der Waals surface area contributed by atoms with Gasteiger partial charge in [0, 0.05) is 13.1 Å². The van der Waals surface area contributed by atoms with E-state index in [0.29, 0.717) is 0 Å². The van der Waals surface area contributed by atoms with E-state index in [2.05, 4.69) is 18.1 Å². The topological polar surface area (TPSA) is 29.3 Å². The van der Waals surface area contributed by atoms with Crippen molar-refractivity contribution < 1.29 is 0 Å². The van der Waals surface area contributed by atoms with Gasteiger partial charge in [0.25, 0.3) is 0 Å². The van der Waals surface area contributed by atoms with E-state index >= 15 is 0 Å². The molecule has 0 aromatic heterocycles. The molecule has 0 aliphatic rings. The SMILES string of the molecule is C=CCN(CC=C)C(C)N.Cl. The van der Waals surface area contributed by atoms with E-state index in [0.717, 1.165) is 13.1 Å². The molecule has 3 heteroatoms. The summed E-state index contributed by atoms with van der Waals surface area (Å²) >= 11 is 0. The molecule has 0 aliphatic heterocycles. The lowest BCUT2D eigenvalue weighted by molar-refractivity contribution is 0.262. The molecule has 66 valence electrons. The van der Waals surface area contributed by atoms with Crippen molar-refractivity contribution in [2.45, 2.75) is 13.1 Å². The summed E-state index contributed by atoms with van der Waals surface area (Å²) in [5.74, 6) is 0. The summed E-state index contributed by atoms with van der Waals surface area (Å²) in [5.41, 5.74) is 5.64. The lowest BCUT2D eigenvalue weighted by atomic mass is 10.4. The minimum Gasteiger partial charge on any atom is -0.316 e. The minimum atomic E-state index is 0. The Morgan fingerprint density at radius 2 is 1.73 bits per heavy atom. The molecule has 0 saturated heterocycles. The quantitative estimate of drug-likeness (QED) is 0.507. The third-order valence-corrected chi connectivity index (χ3v) is 1.30. The standard InChI is InChI=1S/C8H16N2.ClH/c1-4-6-10(7-5-2)8(3)9;/h4-5,8H,1-2,6-7,9H2,3H3;1H. The first kappa shape index (κ1) is 13.3. The van der Waals surface area contributed by atoms with Gasteiger partial charge in [-0.1, -0.05) is 12.2 Å². The average Bonchev–Trinajstić information content (AvgIpc) is 1.87. The summed E-state index contributed by atoms with van der Waals surface area (Å²) in [6.45, 7) is 10.9. The van der Waals surface area contributed by atoms with Crippen LogP contribution in [0, 0.1) is 0 Å². The van der Waals surface area contributed by atoms with Crippen LogP contribution in [0.15, 0.2) is 25.3 Å². The molecule has 0 radical (unpaired) electrons. The molecule has 0 amide bonds. The second-order valence-electron chi connectivity index (χ2n) is 2.27. The molecule has 11 heavy (non-hydrogen) atoms. The summed E-state index contributed by atoms with van der Waals surface area (Å²) in [5, 5.41) is 0. The Kier molecular flexibility index (Phi) is 9.42. The van der Waals surface area contributed by atoms with E-state index in [-0.39, 0.29) is 18.6 Å². The van der Waals surface area contributed by atoms with E-state index in [4.69, 9.17) is 5.73 Å². The molecule has 0 bridgehead atoms. The van der Waals surface area contributed by atoms with Gasteiger partial charge in [0.15, 0.2) is 0 Å². The lowest BCUT2D eigenvalue weighted by Crippen LogP contribution is -2.39. The van der Waals surface area contributed by atoms with Crippen LogP contribution >= 0.6 is 12.4 Å². The maximum Gasteiger partial charge on any atom is 0.0548 e. The third kappa shape index (κ3) is 6.10. The first-order valence-corrected chi connectivity index (χ1v) is 3.43. The Morgan fingerprint density at radius 3 is 1.91 bits per heavy atom. The second-order valence-corrected chi connectivity index (χ2v) is 2.27. The van der Waals surface area contributed by atoms with Crippen LogP contribution in [0.2, 0.25) is 0 Å². The fourth-order valence-electron chi connectivity index (χ4n) is 0.739. The van der Waals surface area contributed by atoms with E-state index < -0.39 is 0 Å². The zero-order chi connectivity index (χ0) is 7.98. The monoisotopic (exact) mass is 176 g/mol. The molecule has 1 unspecified atom stereocenters. The molecule has 0 spiro atoms. The van der Waals surface area contributed by atoms with Crippen LogP contribution in [0.25, 0.3) is 0 Å². The minimum absolute atomic E-state index is 0. The second kappa shape index (κ2) is 7.79.